The number of hydrogen-bond acceptors (Lipinski definition) is 8. The van der Waals surface area contributed by atoms with Gasteiger partial charge in [0.2, 0.25) is 5.76 Å². The molecule has 0 amide bonds. The second-order valence-corrected chi connectivity index (χ2v) is 10.8. The summed E-state index contributed by atoms with van der Waals surface area (Å²) in [6, 6.07) is 11.0. The summed E-state index contributed by atoms with van der Waals surface area (Å²) in [5.41, 5.74) is 0. The quantitative estimate of drug-likeness (QED) is 0.254. The monoisotopic (exact) mass is 543 g/mol. The first kappa shape index (κ1) is 26.8. The average molecular weight is 544 g/mol. The molecule has 2 heterocycles. The highest BCUT2D eigenvalue weighted by Gasteiger charge is 2.41. The second kappa shape index (κ2) is 13.3. The zero-order chi connectivity index (χ0) is 24.6. The molecule has 1 aliphatic carbocycles. The van der Waals surface area contributed by atoms with Gasteiger partial charge in [-0.1, -0.05) is 23.7 Å². The maximum atomic E-state index is 12.3. The number of halogens is 2. The highest BCUT2D eigenvalue weighted by atomic mass is 35.5. The number of esters is 1. The Morgan fingerprint density at radius 1 is 1.17 bits per heavy atom. The van der Waals surface area contributed by atoms with Gasteiger partial charge >= 0.3 is 5.97 Å². The van der Waals surface area contributed by atoms with Gasteiger partial charge in [-0.15, -0.1) is 23.4 Å². The Balaban J connectivity index is 1.21. The lowest BCUT2D eigenvalue weighted by atomic mass is 9.97. The van der Waals surface area contributed by atoms with Crippen LogP contribution < -0.4 is 0 Å². The molecule has 35 heavy (non-hydrogen) atoms. The van der Waals surface area contributed by atoms with Gasteiger partial charge in [-0.3, -0.25) is 4.90 Å². The first-order valence-corrected chi connectivity index (χ1v) is 13.6. The third-order valence-electron chi connectivity index (χ3n) is 6.41. The first-order valence-electron chi connectivity index (χ1n) is 11.8. The van der Waals surface area contributed by atoms with Crippen LogP contribution in [0.25, 0.3) is 0 Å². The van der Waals surface area contributed by atoms with Crippen LogP contribution in [0, 0.1) is 11.8 Å². The van der Waals surface area contributed by atoms with E-state index in [2.05, 4.69) is 4.90 Å². The van der Waals surface area contributed by atoms with Crippen LogP contribution in [0.15, 0.2) is 45.7 Å². The molecule has 2 unspecified atom stereocenters. The molecule has 0 radical (unpaired) electrons. The van der Waals surface area contributed by atoms with Gasteiger partial charge in [0.15, 0.2) is 0 Å². The van der Waals surface area contributed by atoms with E-state index in [1.165, 1.54) is 0 Å². The number of benzene rings is 1. The molecule has 0 bridgehead atoms. The molecule has 7 nitrogen and oxygen atoms in total. The summed E-state index contributed by atoms with van der Waals surface area (Å²) < 4.78 is 22.1. The molecule has 10 heteroatoms. The molecule has 1 N–H and O–H groups in total. The highest BCUT2D eigenvalue weighted by molar-refractivity contribution is 7.99. The number of carbonyl (C=O) groups is 1. The van der Waals surface area contributed by atoms with Crippen LogP contribution in [0.3, 0.4) is 0 Å². The lowest BCUT2D eigenvalue weighted by molar-refractivity contribution is 0.0177. The van der Waals surface area contributed by atoms with E-state index < -0.39 is 12.1 Å². The van der Waals surface area contributed by atoms with E-state index in [1.54, 1.807) is 23.9 Å². The SMILES string of the molecule is O=C(OCCN1CCOCC1)c1ccc(COC[C@H]2C(Cl)CC(O)[C@@H]2CSc2ccccc2Cl)o1. The van der Waals surface area contributed by atoms with Crippen molar-refractivity contribution in [2.75, 3.05) is 51.8 Å². The summed E-state index contributed by atoms with van der Waals surface area (Å²) in [6.45, 7) is 4.69. The topological polar surface area (TPSA) is 81.4 Å². The minimum Gasteiger partial charge on any atom is -0.458 e. The Labute approximate surface area is 220 Å². The molecule has 192 valence electrons. The fourth-order valence-corrected chi connectivity index (χ4v) is 6.33. The molecule has 2 aromatic rings. The third-order valence-corrected chi connectivity index (χ3v) is 8.57. The molecule has 1 aromatic carbocycles. The van der Waals surface area contributed by atoms with Crippen molar-refractivity contribution in [3.63, 3.8) is 0 Å². The number of nitrogens with zero attached hydrogens (tertiary/aromatic N) is 1. The average Bonchev–Trinajstić information content (AvgIpc) is 3.43. The van der Waals surface area contributed by atoms with Crippen molar-refractivity contribution in [2.24, 2.45) is 11.8 Å². The third kappa shape index (κ3) is 7.61. The van der Waals surface area contributed by atoms with Crippen LogP contribution >= 0.6 is 35.0 Å². The number of alkyl halides is 1. The fraction of sp³-hybridized carbons (Fsp3) is 0.560. The van der Waals surface area contributed by atoms with E-state index in [0.717, 1.165) is 18.0 Å². The zero-order valence-corrected chi connectivity index (χ0v) is 21.8. The van der Waals surface area contributed by atoms with E-state index in [-0.39, 0.29) is 29.6 Å². The van der Waals surface area contributed by atoms with Gasteiger partial charge in [-0.05, 0) is 30.7 Å². The van der Waals surface area contributed by atoms with Crippen LogP contribution in [-0.2, 0) is 20.8 Å². The lowest BCUT2D eigenvalue weighted by Crippen LogP contribution is -2.38. The smallest absolute Gasteiger partial charge is 0.374 e. The number of thioether (sulfide) groups is 1. The van der Waals surface area contributed by atoms with Gasteiger partial charge in [-0.2, -0.15) is 0 Å². The first-order chi connectivity index (χ1) is 17.0. The number of furan rings is 1. The van der Waals surface area contributed by atoms with Crippen molar-refractivity contribution in [3.8, 4) is 0 Å². The highest BCUT2D eigenvalue weighted by Crippen LogP contribution is 2.40. The number of aliphatic hydroxyl groups is 1. The number of carbonyl (C=O) groups excluding carboxylic acids is 1. The van der Waals surface area contributed by atoms with Gasteiger partial charge in [0.05, 0.1) is 30.9 Å². The fourth-order valence-electron chi connectivity index (χ4n) is 4.37. The van der Waals surface area contributed by atoms with E-state index in [0.29, 0.717) is 55.9 Å². The van der Waals surface area contributed by atoms with Gasteiger partial charge in [0, 0.05) is 47.5 Å². The van der Waals surface area contributed by atoms with Crippen molar-refractivity contribution in [3.05, 3.63) is 52.9 Å². The predicted octanol–water partition coefficient (Wildman–Crippen LogP) is 4.34. The summed E-state index contributed by atoms with van der Waals surface area (Å²) >= 11 is 14.4. The molecule has 1 saturated heterocycles. The molecule has 1 saturated carbocycles. The number of rotatable bonds is 11. The van der Waals surface area contributed by atoms with Crippen LogP contribution in [0.5, 0.6) is 0 Å². The Hall–Kier alpha value is -1.26. The minimum atomic E-state index is -0.485. The maximum Gasteiger partial charge on any atom is 0.374 e. The molecule has 4 rings (SSSR count). The molecule has 1 aliphatic heterocycles. The summed E-state index contributed by atoms with van der Waals surface area (Å²) in [7, 11) is 0. The van der Waals surface area contributed by atoms with Crippen molar-refractivity contribution in [2.45, 2.75) is 29.4 Å². The van der Waals surface area contributed by atoms with Gasteiger partial charge < -0.3 is 23.7 Å². The number of hydrogen-bond donors (Lipinski definition) is 1. The van der Waals surface area contributed by atoms with Crippen molar-refractivity contribution in [1.29, 1.82) is 0 Å². The van der Waals surface area contributed by atoms with Gasteiger partial charge in [0.1, 0.15) is 19.0 Å². The van der Waals surface area contributed by atoms with Crippen LogP contribution in [0.4, 0.5) is 0 Å². The Morgan fingerprint density at radius 2 is 1.97 bits per heavy atom. The molecule has 2 fully saturated rings. The minimum absolute atomic E-state index is 0.00115. The molecule has 4 atom stereocenters. The van der Waals surface area contributed by atoms with Crippen molar-refractivity contribution < 1.29 is 28.5 Å². The maximum absolute atomic E-state index is 12.3. The molecular formula is C25H31Cl2NO6S. The molecule has 1 aromatic heterocycles. The molecule has 0 spiro atoms. The van der Waals surface area contributed by atoms with E-state index in [1.807, 2.05) is 24.3 Å². The van der Waals surface area contributed by atoms with Crippen molar-refractivity contribution in [1.82, 2.24) is 4.90 Å². The molecule has 2 aliphatic rings. The predicted molar refractivity (Wildman–Crippen MR) is 135 cm³/mol. The summed E-state index contributed by atoms with van der Waals surface area (Å²) in [4.78, 5) is 15.4. The Kier molecular flexibility index (Phi) is 10.2. The Bertz CT molecular complexity index is 954. The van der Waals surface area contributed by atoms with Crippen LogP contribution in [0.2, 0.25) is 5.02 Å². The van der Waals surface area contributed by atoms with E-state index in [9.17, 15) is 9.90 Å². The standard InChI is InChI=1S/C25H31Cl2NO6S/c26-20-3-1-2-4-24(20)35-16-19-18(21(27)13-22(19)29)15-32-14-17-5-6-23(34-17)25(30)33-12-9-28-7-10-31-11-8-28/h1-6,18-19,21-22,29H,7-16H2/t18-,19-,21?,22?/m1/s1. The Morgan fingerprint density at radius 3 is 2.77 bits per heavy atom. The van der Waals surface area contributed by atoms with Gasteiger partial charge in [0.25, 0.3) is 0 Å². The summed E-state index contributed by atoms with van der Waals surface area (Å²) in [5.74, 6) is 0.904. The lowest BCUT2D eigenvalue weighted by Gasteiger charge is -2.25. The van der Waals surface area contributed by atoms with E-state index >= 15 is 0 Å². The number of aliphatic hydroxyl groups excluding tert-OH is 1. The van der Waals surface area contributed by atoms with Crippen LogP contribution in [0.1, 0.15) is 22.7 Å². The van der Waals surface area contributed by atoms with Crippen LogP contribution in [-0.4, -0.2) is 79.3 Å². The zero-order valence-electron chi connectivity index (χ0n) is 19.4. The largest absolute Gasteiger partial charge is 0.458 e. The number of ether oxygens (including phenoxy) is 3. The number of morpholine rings is 1. The summed E-state index contributed by atoms with van der Waals surface area (Å²) in [6.07, 6.45) is 0.0494. The summed E-state index contributed by atoms with van der Waals surface area (Å²) in [5, 5.41) is 11.1. The van der Waals surface area contributed by atoms with Gasteiger partial charge in [-0.25, -0.2) is 4.79 Å². The molecular weight excluding hydrogens is 513 g/mol. The van der Waals surface area contributed by atoms with Crippen molar-refractivity contribution >= 4 is 40.9 Å². The normalized spacial score (nSPS) is 25.1. The van der Waals surface area contributed by atoms with E-state index in [4.69, 9.17) is 41.8 Å². The second-order valence-electron chi connectivity index (χ2n) is 8.76.